The van der Waals surface area contributed by atoms with Crippen LogP contribution in [0.2, 0.25) is 0 Å². The van der Waals surface area contributed by atoms with Crippen LogP contribution in [-0.2, 0) is 0 Å². The number of rotatable bonds is 4. The van der Waals surface area contributed by atoms with Gasteiger partial charge in [0.1, 0.15) is 0 Å². The highest BCUT2D eigenvalue weighted by molar-refractivity contribution is 5.23. The Balaban J connectivity index is 1.59. The van der Waals surface area contributed by atoms with Gasteiger partial charge in [-0.1, -0.05) is 43.2 Å². The molecule has 0 amide bonds. The number of hydrogen-bond acceptors (Lipinski definition) is 2. The van der Waals surface area contributed by atoms with E-state index < -0.39 is 0 Å². The van der Waals surface area contributed by atoms with Gasteiger partial charge in [-0.05, 0) is 24.4 Å². The Morgan fingerprint density at radius 3 is 2.59 bits per heavy atom. The zero-order valence-corrected chi connectivity index (χ0v) is 10.4. The van der Waals surface area contributed by atoms with Crippen molar-refractivity contribution in [1.29, 1.82) is 0 Å². The molecule has 0 bridgehead atoms. The minimum atomic E-state index is 0.316. The highest BCUT2D eigenvalue weighted by Crippen LogP contribution is 2.33. The van der Waals surface area contributed by atoms with Crippen LogP contribution in [0.5, 0.6) is 0 Å². The SMILES string of the molecule is NC1CN(CCC2CC2)CC1c1ccccc1. The van der Waals surface area contributed by atoms with Crippen LogP contribution in [0.1, 0.15) is 30.7 Å². The Kier molecular flexibility index (Phi) is 3.17. The summed E-state index contributed by atoms with van der Waals surface area (Å²) in [5, 5.41) is 0. The Hall–Kier alpha value is -0.860. The van der Waals surface area contributed by atoms with Crippen molar-refractivity contribution in [1.82, 2.24) is 4.90 Å². The third kappa shape index (κ3) is 2.70. The molecule has 17 heavy (non-hydrogen) atoms. The molecule has 0 aromatic heterocycles. The van der Waals surface area contributed by atoms with Crippen LogP contribution in [-0.4, -0.2) is 30.6 Å². The molecule has 0 spiro atoms. The van der Waals surface area contributed by atoms with E-state index in [0.717, 1.165) is 19.0 Å². The fourth-order valence-electron chi connectivity index (χ4n) is 2.92. The molecule has 1 aliphatic heterocycles. The molecule has 2 aliphatic rings. The molecule has 2 N–H and O–H groups in total. The van der Waals surface area contributed by atoms with E-state index in [-0.39, 0.29) is 0 Å². The second-order valence-corrected chi connectivity index (χ2v) is 5.67. The maximum atomic E-state index is 6.28. The van der Waals surface area contributed by atoms with Crippen LogP contribution in [0.15, 0.2) is 30.3 Å². The average molecular weight is 230 g/mol. The standard InChI is InChI=1S/C15H22N2/c16-15-11-17(9-8-12-6-7-12)10-14(15)13-4-2-1-3-5-13/h1-5,12,14-15H,6-11,16H2. The van der Waals surface area contributed by atoms with Gasteiger partial charge in [0, 0.05) is 25.0 Å². The van der Waals surface area contributed by atoms with Gasteiger partial charge < -0.3 is 10.6 Å². The van der Waals surface area contributed by atoms with Crippen molar-refractivity contribution in [2.45, 2.75) is 31.2 Å². The van der Waals surface area contributed by atoms with E-state index >= 15 is 0 Å². The van der Waals surface area contributed by atoms with Crippen molar-refractivity contribution in [2.24, 2.45) is 11.7 Å². The molecule has 2 nitrogen and oxygen atoms in total. The highest BCUT2D eigenvalue weighted by Gasteiger charge is 2.32. The van der Waals surface area contributed by atoms with Gasteiger partial charge in [0.05, 0.1) is 0 Å². The number of nitrogens with two attached hydrogens (primary N) is 1. The molecule has 0 radical (unpaired) electrons. The smallest absolute Gasteiger partial charge is 0.0249 e. The van der Waals surface area contributed by atoms with E-state index in [1.54, 1.807) is 0 Å². The highest BCUT2D eigenvalue weighted by atomic mass is 15.2. The van der Waals surface area contributed by atoms with Crippen LogP contribution < -0.4 is 5.73 Å². The predicted molar refractivity (Wildman–Crippen MR) is 70.9 cm³/mol. The van der Waals surface area contributed by atoms with Gasteiger partial charge in [0.25, 0.3) is 0 Å². The van der Waals surface area contributed by atoms with Crippen LogP contribution in [0.3, 0.4) is 0 Å². The Morgan fingerprint density at radius 2 is 1.88 bits per heavy atom. The second-order valence-electron chi connectivity index (χ2n) is 5.67. The molecule has 92 valence electrons. The maximum Gasteiger partial charge on any atom is 0.0249 e. The minimum Gasteiger partial charge on any atom is -0.326 e. The molecule has 2 atom stereocenters. The van der Waals surface area contributed by atoms with Gasteiger partial charge in [-0.25, -0.2) is 0 Å². The van der Waals surface area contributed by atoms with Gasteiger partial charge >= 0.3 is 0 Å². The second kappa shape index (κ2) is 4.79. The van der Waals surface area contributed by atoms with Crippen molar-refractivity contribution in [2.75, 3.05) is 19.6 Å². The first-order valence-corrected chi connectivity index (χ1v) is 6.86. The van der Waals surface area contributed by atoms with E-state index in [4.69, 9.17) is 5.73 Å². The zero-order chi connectivity index (χ0) is 11.7. The molecule has 2 fully saturated rings. The van der Waals surface area contributed by atoms with Crippen molar-refractivity contribution in [3.05, 3.63) is 35.9 Å². The summed E-state index contributed by atoms with van der Waals surface area (Å²) in [5.74, 6) is 1.57. The number of nitrogens with zero attached hydrogens (tertiary/aromatic N) is 1. The summed E-state index contributed by atoms with van der Waals surface area (Å²) in [5.41, 5.74) is 7.69. The quantitative estimate of drug-likeness (QED) is 0.859. The first kappa shape index (κ1) is 11.2. The van der Waals surface area contributed by atoms with Crippen LogP contribution in [0, 0.1) is 5.92 Å². The normalized spacial score (nSPS) is 29.7. The van der Waals surface area contributed by atoms with Crippen molar-refractivity contribution < 1.29 is 0 Å². The average Bonchev–Trinajstić information content (AvgIpc) is 3.11. The molecular weight excluding hydrogens is 208 g/mol. The molecule has 1 saturated heterocycles. The Morgan fingerprint density at radius 1 is 1.12 bits per heavy atom. The third-order valence-corrected chi connectivity index (χ3v) is 4.22. The van der Waals surface area contributed by atoms with Crippen molar-refractivity contribution in [3.8, 4) is 0 Å². The molecule has 1 aliphatic carbocycles. The molecule has 1 saturated carbocycles. The molecule has 1 aromatic carbocycles. The van der Waals surface area contributed by atoms with Gasteiger partial charge in [-0.15, -0.1) is 0 Å². The van der Waals surface area contributed by atoms with E-state index in [1.807, 2.05) is 0 Å². The fourth-order valence-corrected chi connectivity index (χ4v) is 2.92. The molecule has 1 heterocycles. The number of likely N-dealkylation sites (tertiary alicyclic amines) is 1. The summed E-state index contributed by atoms with van der Waals surface area (Å²) in [4.78, 5) is 2.56. The molecule has 2 heteroatoms. The molecule has 1 aromatic rings. The van der Waals surface area contributed by atoms with E-state index in [1.165, 1.54) is 31.4 Å². The summed E-state index contributed by atoms with van der Waals surface area (Å²) in [6.07, 6.45) is 4.30. The minimum absolute atomic E-state index is 0.316. The summed E-state index contributed by atoms with van der Waals surface area (Å²) in [7, 11) is 0. The monoisotopic (exact) mass is 230 g/mol. The van der Waals surface area contributed by atoms with Crippen LogP contribution in [0.4, 0.5) is 0 Å². The molecule has 3 rings (SSSR count). The van der Waals surface area contributed by atoms with E-state index in [2.05, 4.69) is 35.2 Å². The zero-order valence-electron chi connectivity index (χ0n) is 10.4. The van der Waals surface area contributed by atoms with Gasteiger partial charge in [0.15, 0.2) is 0 Å². The molecular formula is C15H22N2. The van der Waals surface area contributed by atoms with Crippen LogP contribution in [0.25, 0.3) is 0 Å². The number of hydrogen-bond donors (Lipinski definition) is 1. The summed E-state index contributed by atoms with van der Waals surface area (Å²) in [6.45, 7) is 3.48. The predicted octanol–water partition coefficient (Wildman–Crippen LogP) is 2.21. The van der Waals surface area contributed by atoms with Crippen molar-refractivity contribution >= 4 is 0 Å². The lowest BCUT2D eigenvalue weighted by Crippen LogP contribution is -2.29. The fraction of sp³-hybridized carbons (Fsp3) is 0.600. The largest absolute Gasteiger partial charge is 0.326 e. The summed E-state index contributed by atoms with van der Waals surface area (Å²) < 4.78 is 0. The first-order chi connectivity index (χ1) is 8.33. The van der Waals surface area contributed by atoms with E-state index in [9.17, 15) is 0 Å². The maximum absolute atomic E-state index is 6.28. The Bertz CT molecular complexity index is 358. The Labute approximate surface area is 104 Å². The lowest BCUT2D eigenvalue weighted by atomic mass is 9.95. The molecule has 2 unspecified atom stereocenters. The third-order valence-electron chi connectivity index (χ3n) is 4.22. The lowest BCUT2D eigenvalue weighted by molar-refractivity contribution is 0.319. The van der Waals surface area contributed by atoms with Gasteiger partial charge in [0.2, 0.25) is 0 Å². The number of benzene rings is 1. The summed E-state index contributed by atoms with van der Waals surface area (Å²) in [6, 6.07) is 11.1. The van der Waals surface area contributed by atoms with Crippen LogP contribution >= 0.6 is 0 Å². The van der Waals surface area contributed by atoms with Gasteiger partial charge in [-0.2, -0.15) is 0 Å². The van der Waals surface area contributed by atoms with Crippen molar-refractivity contribution in [3.63, 3.8) is 0 Å². The van der Waals surface area contributed by atoms with Gasteiger partial charge in [-0.3, -0.25) is 0 Å². The van der Waals surface area contributed by atoms with E-state index in [0.29, 0.717) is 12.0 Å². The first-order valence-electron chi connectivity index (χ1n) is 6.86. The summed E-state index contributed by atoms with van der Waals surface area (Å²) >= 11 is 0. The topological polar surface area (TPSA) is 29.3 Å². The lowest BCUT2D eigenvalue weighted by Gasteiger charge is -2.15.